The molecule has 0 aliphatic carbocycles. The molecule has 0 bridgehead atoms. The van der Waals surface area contributed by atoms with E-state index in [-0.39, 0.29) is 22.6 Å². The Balaban J connectivity index is 3.10. The summed E-state index contributed by atoms with van der Waals surface area (Å²) in [5, 5.41) is 0. The third-order valence-corrected chi connectivity index (χ3v) is 6.05. The number of carbonyl (C=O) groups excluding carboxylic acids is 1. The van der Waals surface area contributed by atoms with Crippen molar-refractivity contribution in [1.29, 1.82) is 0 Å². The fourth-order valence-electron chi connectivity index (χ4n) is 2.15. The van der Waals surface area contributed by atoms with Crippen LogP contribution in [0, 0.1) is 0 Å². The van der Waals surface area contributed by atoms with Crippen molar-refractivity contribution >= 4 is 45.5 Å². The Kier molecular flexibility index (Phi) is 8.48. The van der Waals surface area contributed by atoms with Crippen molar-refractivity contribution in [1.82, 2.24) is 13.7 Å². The summed E-state index contributed by atoms with van der Waals surface area (Å²) in [4.78, 5) is 31.2. The van der Waals surface area contributed by atoms with Crippen LogP contribution in [0.1, 0.15) is 5.56 Å². The number of amides is 2. The molecule has 0 saturated carbocycles. The summed E-state index contributed by atoms with van der Waals surface area (Å²) in [5.74, 6) is -0.365. The quantitative estimate of drug-likeness (QED) is 0.281. The van der Waals surface area contributed by atoms with Gasteiger partial charge in [-0.15, -0.1) is 16.0 Å². The van der Waals surface area contributed by atoms with Crippen LogP contribution in [0.2, 0.25) is 0 Å². The Hall–Kier alpha value is -1.41. The van der Waals surface area contributed by atoms with E-state index in [9.17, 15) is 26.2 Å². The summed E-state index contributed by atoms with van der Waals surface area (Å²) < 4.78 is 63.8. The van der Waals surface area contributed by atoms with Crippen LogP contribution in [-0.4, -0.2) is 78.4 Å². The van der Waals surface area contributed by atoms with Crippen LogP contribution in [0.5, 0.6) is 5.75 Å². The number of carbonyl (C=O) groups is 1. The zero-order valence-corrected chi connectivity index (χ0v) is 18.9. The minimum absolute atomic E-state index is 0.112. The van der Waals surface area contributed by atoms with Gasteiger partial charge in [0, 0.05) is 26.0 Å². The predicted octanol–water partition coefficient (Wildman–Crippen LogP) is 0.387. The Morgan fingerprint density at radius 3 is 2.00 bits per heavy atom. The smallest absolute Gasteiger partial charge is 0.404 e. The number of phosphoric ester groups is 1. The number of alkyl halides is 1. The molecule has 0 aromatic heterocycles. The SMILES string of the molecule is CN(Cc1ccc(OP(=O)(O)O)cc1)C(=O)N(N(CCCl)S(C)(=O)=O)S(C)(=O)=O. The number of nitrogens with zero attached hydrogens (tertiary/aromatic N) is 3. The highest BCUT2D eigenvalue weighted by Gasteiger charge is 2.37. The first-order valence-corrected chi connectivity index (χ1v) is 13.5. The minimum atomic E-state index is -4.72. The summed E-state index contributed by atoms with van der Waals surface area (Å²) in [6, 6.07) is 4.15. The van der Waals surface area contributed by atoms with Crippen molar-refractivity contribution in [2.75, 3.05) is 32.0 Å². The van der Waals surface area contributed by atoms with Crippen LogP contribution in [0.4, 0.5) is 4.79 Å². The molecule has 0 radical (unpaired) electrons. The van der Waals surface area contributed by atoms with Gasteiger partial charge in [0.2, 0.25) is 10.0 Å². The Morgan fingerprint density at radius 1 is 1.10 bits per heavy atom. The first kappa shape index (κ1) is 25.6. The first-order valence-electron chi connectivity index (χ1n) is 7.69. The van der Waals surface area contributed by atoms with Gasteiger partial charge in [0.25, 0.3) is 10.0 Å². The average molecular weight is 494 g/mol. The fraction of sp³-hybridized carbons (Fsp3) is 0.462. The molecular weight excluding hydrogens is 473 g/mol. The van der Waals surface area contributed by atoms with Crippen LogP contribution in [0.25, 0.3) is 0 Å². The van der Waals surface area contributed by atoms with E-state index >= 15 is 0 Å². The van der Waals surface area contributed by atoms with Crippen molar-refractivity contribution < 1.29 is 40.5 Å². The van der Waals surface area contributed by atoms with E-state index in [1.807, 2.05) is 0 Å². The lowest BCUT2D eigenvalue weighted by molar-refractivity contribution is 0.133. The third-order valence-electron chi connectivity index (χ3n) is 3.23. The number of hydrogen-bond acceptors (Lipinski definition) is 7. The molecule has 0 fully saturated rings. The van der Waals surface area contributed by atoms with Crippen molar-refractivity contribution in [3.05, 3.63) is 29.8 Å². The Morgan fingerprint density at radius 2 is 1.62 bits per heavy atom. The van der Waals surface area contributed by atoms with E-state index in [0.29, 0.717) is 16.2 Å². The Bertz CT molecular complexity index is 979. The Labute approximate surface area is 173 Å². The van der Waals surface area contributed by atoms with E-state index in [1.165, 1.54) is 31.3 Å². The summed E-state index contributed by atoms with van der Waals surface area (Å²) in [6.45, 7) is -0.582. The lowest BCUT2D eigenvalue weighted by atomic mass is 10.2. The largest absolute Gasteiger partial charge is 0.524 e. The number of hydrogen-bond donors (Lipinski definition) is 2. The van der Waals surface area contributed by atoms with E-state index in [0.717, 1.165) is 11.2 Å². The number of benzene rings is 1. The second kappa shape index (κ2) is 9.60. The van der Waals surface area contributed by atoms with Gasteiger partial charge in [-0.1, -0.05) is 16.5 Å². The van der Waals surface area contributed by atoms with Gasteiger partial charge in [-0.3, -0.25) is 9.79 Å². The molecule has 0 spiro atoms. The molecule has 2 amide bonds. The highest BCUT2D eigenvalue weighted by molar-refractivity contribution is 7.91. The summed E-state index contributed by atoms with van der Waals surface area (Å²) in [6.07, 6.45) is 1.42. The zero-order chi connectivity index (χ0) is 22.6. The van der Waals surface area contributed by atoms with E-state index in [1.54, 1.807) is 0 Å². The van der Waals surface area contributed by atoms with Crippen molar-refractivity contribution in [3.63, 3.8) is 0 Å². The molecule has 0 saturated heterocycles. The molecule has 0 aliphatic rings. The van der Waals surface area contributed by atoms with E-state index in [4.69, 9.17) is 21.4 Å². The maximum Gasteiger partial charge on any atom is 0.524 e. The second-order valence-corrected chi connectivity index (χ2v) is 11.1. The maximum atomic E-state index is 12.7. The van der Waals surface area contributed by atoms with Gasteiger partial charge in [-0.05, 0) is 17.7 Å². The van der Waals surface area contributed by atoms with E-state index in [2.05, 4.69) is 4.52 Å². The molecule has 29 heavy (non-hydrogen) atoms. The van der Waals surface area contributed by atoms with Gasteiger partial charge < -0.3 is 9.42 Å². The molecule has 16 heteroatoms. The molecule has 1 aromatic rings. The number of phosphoric acid groups is 1. The summed E-state index contributed by atoms with van der Waals surface area (Å²) in [5.41, 5.74) is 0.454. The molecule has 166 valence electrons. The van der Waals surface area contributed by atoms with Gasteiger partial charge in [0.15, 0.2) is 0 Å². The average Bonchev–Trinajstić information content (AvgIpc) is 2.52. The molecule has 0 aliphatic heterocycles. The molecule has 0 heterocycles. The second-order valence-electron chi connectivity index (χ2n) is 5.87. The van der Waals surface area contributed by atoms with Crippen molar-refractivity contribution in [2.24, 2.45) is 0 Å². The highest BCUT2D eigenvalue weighted by Crippen LogP contribution is 2.37. The van der Waals surface area contributed by atoms with Crippen LogP contribution in [0.15, 0.2) is 24.3 Å². The minimum Gasteiger partial charge on any atom is -0.404 e. The standard InChI is InChI=1S/C13H21ClN3O9PS2/c1-15(10-11-4-6-12(7-5-11)26-27(19,20)21)13(18)17(29(3,24)25)16(9-8-14)28(2,22)23/h4-7H,8-10H2,1-3H3,(H2,19,20,21). The zero-order valence-electron chi connectivity index (χ0n) is 15.7. The monoisotopic (exact) mass is 493 g/mol. The number of halogens is 1. The van der Waals surface area contributed by atoms with Crippen LogP contribution < -0.4 is 4.52 Å². The van der Waals surface area contributed by atoms with Crippen LogP contribution in [-0.2, 0) is 31.2 Å². The van der Waals surface area contributed by atoms with Crippen LogP contribution >= 0.6 is 19.4 Å². The summed E-state index contributed by atoms with van der Waals surface area (Å²) in [7, 11) is -11.9. The molecule has 12 nitrogen and oxygen atoms in total. The lowest BCUT2D eigenvalue weighted by Crippen LogP contribution is -2.55. The van der Waals surface area contributed by atoms with Crippen molar-refractivity contribution in [3.8, 4) is 5.75 Å². The number of sulfonamides is 2. The molecule has 1 aromatic carbocycles. The topological polar surface area (TPSA) is 162 Å². The first-order chi connectivity index (χ1) is 13.1. The third kappa shape index (κ3) is 8.09. The summed E-state index contributed by atoms with van der Waals surface area (Å²) >= 11 is 5.55. The molecule has 0 unspecified atom stereocenters. The predicted molar refractivity (Wildman–Crippen MR) is 105 cm³/mol. The number of hydrazine groups is 1. The van der Waals surface area contributed by atoms with Crippen LogP contribution in [0.3, 0.4) is 0 Å². The lowest BCUT2D eigenvalue weighted by Gasteiger charge is -2.33. The van der Waals surface area contributed by atoms with Gasteiger partial charge >= 0.3 is 13.9 Å². The molecule has 1 rings (SSSR count). The number of rotatable bonds is 9. The van der Waals surface area contributed by atoms with Gasteiger partial charge in [0.05, 0.1) is 12.5 Å². The number of urea groups is 1. The highest BCUT2D eigenvalue weighted by atomic mass is 35.5. The van der Waals surface area contributed by atoms with E-state index < -0.39 is 40.4 Å². The maximum absolute atomic E-state index is 12.7. The fourth-order valence-corrected chi connectivity index (χ4v) is 5.13. The molecular formula is C13H21ClN3O9PS2. The normalized spacial score (nSPS) is 12.7. The molecule has 2 N–H and O–H groups in total. The van der Waals surface area contributed by atoms with Crippen molar-refractivity contribution in [2.45, 2.75) is 6.54 Å². The van der Waals surface area contributed by atoms with Gasteiger partial charge in [0.1, 0.15) is 5.75 Å². The van der Waals surface area contributed by atoms with Gasteiger partial charge in [-0.25, -0.2) is 26.2 Å². The van der Waals surface area contributed by atoms with Gasteiger partial charge in [-0.2, -0.15) is 0 Å². The molecule has 0 atom stereocenters.